The fraction of sp³-hybridized carbons (Fsp3) is 0.685. The third-order valence-electron chi connectivity index (χ3n) is 14.4. The normalized spacial score (nSPS) is 13.7. The number of amides is 1. The predicted molar refractivity (Wildman–Crippen MR) is 345 cm³/mol. The largest absolute Gasteiger partial charge is 0.394 e. The molecule has 4 heteroatoms. The molecule has 0 aliphatic heterocycles. The maximum atomic E-state index is 12.5. The summed E-state index contributed by atoms with van der Waals surface area (Å²) in [7, 11) is 0. The van der Waals surface area contributed by atoms with Crippen LogP contribution in [0.25, 0.3) is 0 Å². The van der Waals surface area contributed by atoms with Crippen molar-refractivity contribution < 1.29 is 15.0 Å². The lowest BCUT2D eigenvalue weighted by atomic mass is 10.0. The van der Waals surface area contributed by atoms with Crippen LogP contribution in [0, 0.1) is 0 Å². The molecule has 0 heterocycles. The van der Waals surface area contributed by atoms with Gasteiger partial charge in [-0.1, -0.05) is 327 Å². The first-order valence-electron chi connectivity index (χ1n) is 32.9. The van der Waals surface area contributed by atoms with Gasteiger partial charge < -0.3 is 15.5 Å². The van der Waals surface area contributed by atoms with E-state index in [4.69, 9.17) is 0 Å². The molecule has 4 nitrogen and oxygen atoms in total. The summed E-state index contributed by atoms with van der Waals surface area (Å²) >= 11 is 0. The molecule has 2 unspecified atom stereocenters. The Morgan fingerprint density at radius 1 is 0.325 bits per heavy atom. The minimum absolute atomic E-state index is 0.0771. The molecule has 0 radical (unpaired) electrons. The molecule has 440 valence electrons. The average Bonchev–Trinajstić information content (AvgIpc) is 3.43. The third kappa shape index (κ3) is 63.2. The van der Waals surface area contributed by atoms with Crippen LogP contribution in [-0.2, 0) is 4.79 Å². The number of allylic oxidation sites excluding steroid dienone is 21. The highest BCUT2D eigenvalue weighted by Gasteiger charge is 2.18. The molecule has 77 heavy (non-hydrogen) atoms. The van der Waals surface area contributed by atoms with Gasteiger partial charge in [0.25, 0.3) is 0 Å². The Balaban J connectivity index is 3.57. The lowest BCUT2D eigenvalue weighted by molar-refractivity contribution is -0.123. The van der Waals surface area contributed by atoms with E-state index in [9.17, 15) is 15.0 Å². The molecule has 0 saturated carbocycles. The quantitative estimate of drug-likeness (QED) is 0.0420. The fourth-order valence-electron chi connectivity index (χ4n) is 9.42. The van der Waals surface area contributed by atoms with Crippen LogP contribution >= 0.6 is 0 Å². The minimum atomic E-state index is -0.871. The van der Waals surface area contributed by atoms with Crippen molar-refractivity contribution in [1.82, 2.24) is 5.32 Å². The Morgan fingerprint density at radius 2 is 0.584 bits per heavy atom. The van der Waals surface area contributed by atoms with E-state index in [1.807, 2.05) is 6.08 Å². The van der Waals surface area contributed by atoms with Gasteiger partial charge in [-0.05, 0) is 103 Å². The van der Waals surface area contributed by atoms with Crippen LogP contribution in [0.3, 0.4) is 0 Å². The van der Waals surface area contributed by atoms with Gasteiger partial charge in [0, 0.05) is 6.42 Å². The maximum Gasteiger partial charge on any atom is 0.220 e. The highest BCUT2D eigenvalue weighted by molar-refractivity contribution is 5.76. The zero-order valence-electron chi connectivity index (χ0n) is 50.7. The van der Waals surface area contributed by atoms with E-state index >= 15 is 0 Å². The minimum Gasteiger partial charge on any atom is -0.394 e. The van der Waals surface area contributed by atoms with Crippen molar-refractivity contribution in [2.24, 2.45) is 0 Å². The van der Waals surface area contributed by atoms with Crippen LogP contribution in [0.15, 0.2) is 134 Å². The van der Waals surface area contributed by atoms with Crippen molar-refractivity contribution >= 4 is 5.91 Å². The van der Waals surface area contributed by atoms with Crippen LogP contribution in [-0.4, -0.2) is 34.9 Å². The Hall–Kier alpha value is -3.47. The number of hydrogen-bond donors (Lipinski definition) is 3. The van der Waals surface area contributed by atoms with Gasteiger partial charge in [-0.15, -0.1) is 0 Å². The Kier molecular flexibility index (Phi) is 63.8. The van der Waals surface area contributed by atoms with Crippen LogP contribution in [0.5, 0.6) is 0 Å². The summed E-state index contributed by atoms with van der Waals surface area (Å²) < 4.78 is 0. The number of carbonyl (C=O) groups is 1. The summed E-state index contributed by atoms with van der Waals surface area (Å²) in [6.07, 6.45) is 104. The molecular weight excluding hydrogens is 939 g/mol. The SMILES string of the molecule is CC/C=C\C/C=C\C/C=C\C/C=C\C/C=C\C/C=C\C/C=C\C/C=C\C/C=C\CCCCCCCCCCCCCCCC(=O)NC(CO)C(O)/C=C/CC/C=C/CCCCCCCCCCCCCCCCCCCC. The first-order chi connectivity index (χ1) is 38.2. The summed E-state index contributed by atoms with van der Waals surface area (Å²) in [6.45, 7) is 4.20. The number of unbranched alkanes of at least 4 members (excludes halogenated alkanes) is 32. The smallest absolute Gasteiger partial charge is 0.220 e. The summed E-state index contributed by atoms with van der Waals surface area (Å²) in [5.41, 5.74) is 0. The van der Waals surface area contributed by atoms with Gasteiger partial charge in [0.15, 0.2) is 0 Å². The summed E-state index contributed by atoms with van der Waals surface area (Å²) in [5, 5.41) is 23.2. The summed E-state index contributed by atoms with van der Waals surface area (Å²) in [4.78, 5) is 12.5. The number of aliphatic hydroxyl groups is 2. The van der Waals surface area contributed by atoms with Crippen molar-refractivity contribution in [3.05, 3.63) is 134 Å². The Morgan fingerprint density at radius 3 is 0.909 bits per heavy atom. The van der Waals surface area contributed by atoms with Crippen LogP contribution < -0.4 is 5.32 Å². The van der Waals surface area contributed by atoms with Gasteiger partial charge in [0.2, 0.25) is 5.91 Å². The van der Waals surface area contributed by atoms with Crippen molar-refractivity contribution in [1.29, 1.82) is 0 Å². The first kappa shape index (κ1) is 73.5. The number of aliphatic hydroxyl groups excluding tert-OH is 2. The molecule has 1 amide bonds. The average molecular weight is 1060 g/mol. The predicted octanol–water partition coefficient (Wildman–Crippen LogP) is 22.5. The summed E-state index contributed by atoms with van der Waals surface area (Å²) in [6, 6.07) is -0.649. The highest BCUT2D eigenvalue weighted by atomic mass is 16.3. The Bertz CT molecular complexity index is 1540. The molecule has 2 atom stereocenters. The van der Waals surface area contributed by atoms with E-state index in [1.165, 1.54) is 193 Å². The zero-order chi connectivity index (χ0) is 55.5. The second kappa shape index (κ2) is 66.8. The maximum absolute atomic E-state index is 12.5. The molecule has 0 aromatic rings. The second-order valence-corrected chi connectivity index (χ2v) is 21.8. The van der Waals surface area contributed by atoms with Crippen molar-refractivity contribution in [3.63, 3.8) is 0 Å². The molecule has 0 aromatic carbocycles. The van der Waals surface area contributed by atoms with E-state index in [-0.39, 0.29) is 12.5 Å². The zero-order valence-corrected chi connectivity index (χ0v) is 50.7. The van der Waals surface area contributed by atoms with E-state index in [2.05, 4.69) is 141 Å². The molecule has 0 aliphatic rings. The van der Waals surface area contributed by atoms with Gasteiger partial charge in [-0.3, -0.25) is 4.79 Å². The van der Waals surface area contributed by atoms with Crippen molar-refractivity contribution in [2.45, 2.75) is 315 Å². The lowest BCUT2D eigenvalue weighted by Crippen LogP contribution is -2.45. The van der Waals surface area contributed by atoms with Crippen molar-refractivity contribution in [2.75, 3.05) is 6.61 Å². The molecule has 0 aromatic heterocycles. The molecule has 0 aliphatic carbocycles. The lowest BCUT2D eigenvalue weighted by Gasteiger charge is -2.19. The van der Waals surface area contributed by atoms with Crippen molar-refractivity contribution in [3.8, 4) is 0 Å². The van der Waals surface area contributed by atoms with E-state index in [0.29, 0.717) is 6.42 Å². The monoisotopic (exact) mass is 1060 g/mol. The van der Waals surface area contributed by atoms with E-state index in [1.54, 1.807) is 6.08 Å². The molecule has 0 fully saturated rings. The highest BCUT2D eigenvalue weighted by Crippen LogP contribution is 2.17. The van der Waals surface area contributed by atoms with Gasteiger partial charge >= 0.3 is 0 Å². The molecule has 0 rings (SSSR count). The van der Waals surface area contributed by atoms with Gasteiger partial charge in [0.05, 0.1) is 18.8 Å². The number of nitrogens with one attached hydrogen (secondary N) is 1. The number of carbonyl (C=O) groups excluding carboxylic acids is 1. The molecule has 0 saturated heterocycles. The van der Waals surface area contributed by atoms with Gasteiger partial charge in [0.1, 0.15) is 0 Å². The number of rotatable bonds is 59. The fourth-order valence-corrected chi connectivity index (χ4v) is 9.42. The van der Waals surface area contributed by atoms with E-state index in [0.717, 1.165) is 89.9 Å². The molecular formula is C73H125NO3. The summed E-state index contributed by atoms with van der Waals surface area (Å²) in [5.74, 6) is -0.0771. The topological polar surface area (TPSA) is 69.6 Å². The molecule has 3 N–H and O–H groups in total. The van der Waals surface area contributed by atoms with E-state index < -0.39 is 12.1 Å². The van der Waals surface area contributed by atoms with Gasteiger partial charge in [-0.2, -0.15) is 0 Å². The molecule has 0 bridgehead atoms. The van der Waals surface area contributed by atoms with Gasteiger partial charge in [-0.25, -0.2) is 0 Å². The third-order valence-corrected chi connectivity index (χ3v) is 14.4. The Labute approximate surface area is 479 Å². The standard InChI is InChI=1S/C73H125NO3/c1-3-5-7-9-11-13-15-17-19-21-23-25-27-29-30-31-32-33-34-35-36-37-38-39-40-41-42-43-44-45-47-49-51-53-55-57-59-61-63-65-67-69-73(77)74-71(70-75)72(76)68-66-64-62-60-58-56-54-52-50-48-46-28-26-24-22-20-18-16-14-12-10-8-6-4-2/h5,7,11,13,17,19,23,25,29-30,32-33,35-36,38-39,41-42,58,60,66,68,71-72,75-76H,3-4,6,8-10,12,14-16,18,20-22,24,26-28,31,34,37,40,43-57,59,61-65,67,69-70H2,1-2H3,(H,74,77)/b7-5-,13-11-,19-17-,25-23-,30-29-,33-32-,36-35-,39-38-,42-41-,60-58+,68-66+. The van der Waals surface area contributed by atoms with Crippen LogP contribution in [0.2, 0.25) is 0 Å². The van der Waals surface area contributed by atoms with Crippen LogP contribution in [0.1, 0.15) is 303 Å². The second-order valence-electron chi connectivity index (χ2n) is 21.8. The molecule has 0 spiro atoms. The number of hydrogen-bond acceptors (Lipinski definition) is 3. The first-order valence-corrected chi connectivity index (χ1v) is 32.9. The van der Waals surface area contributed by atoms with Crippen LogP contribution in [0.4, 0.5) is 0 Å².